The van der Waals surface area contributed by atoms with E-state index < -0.39 is 0 Å². The zero-order valence-electron chi connectivity index (χ0n) is 14.5. The van der Waals surface area contributed by atoms with E-state index in [0.29, 0.717) is 39.3 Å². The molecular weight excluding hydrogens is 322 g/mol. The van der Waals surface area contributed by atoms with Crippen LogP contribution in [0.15, 0.2) is 34.7 Å². The van der Waals surface area contributed by atoms with Crippen molar-refractivity contribution in [3.05, 3.63) is 47.0 Å². The number of nitrogen functional groups attached to an aromatic ring is 1. The summed E-state index contributed by atoms with van der Waals surface area (Å²) in [6.45, 7) is 1.94. The van der Waals surface area contributed by atoms with Crippen LogP contribution < -0.4 is 19.9 Å². The van der Waals surface area contributed by atoms with Gasteiger partial charge in [0.25, 0.3) is 0 Å². The lowest BCUT2D eigenvalue weighted by Crippen LogP contribution is -2.05. The van der Waals surface area contributed by atoms with Gasteiger partial charge in [-0.1, -0.05) is 12.1 Å². The van der Waals surface area contributed by atoms with E-state index >= 15 is 0 Å². The molecule has 0 fully saturated rings. The average Bonchev–Trinajstić information content (AvgIpc) is 2.94. The molecule has 2 N–H and O–H groups in total. The summed E-state index contributed by atoms with van der Waals surface area (Å²) in [6.07, 6.45) is 0. The molecule has 0 amide bonds. The van der Waals surface area contributed by atoms with Gasteiger partial charge in [0.05, 0.1) is 26.9 Å². The highest BCUT2D eigenvalue weighted by Gasteiger charge is 2.23. The second-order valence-corrected chi connectivity index (χ2v) is 5.58. The Kier molecular flexibility index (Phi) is 4.27. The molecule has 0 saturated carbocycles. The molecule has 0 aliphatic carbocycles. The summed E-state index contributed by atoms with van der Waals surface area (Å²) >= 11 is 0. The van der Waals surface area contributed by atoms with Crippen molar-refractivity contribution in [2.24, 2.45) is 0 Å². The number of anilines is 1. The van der Waals surface area contributed by atoms with Crippen molar-refractivity contribution in [1.29, 1.82) is 0 Å². The lowest BCUT2D eigenvalue weighted by atomic mass is 10.0. The molecule has 1 heterocycles. The van der Waals surface area contributed by atoms with Crippen molar-refractivity contribution >= 4 is 22.6 Å². The summed E-state index contributed by atoms with van der Waals surface area (Å²) in [4.78, 5) is 13.1. The van der Waals surface area contributed by atoms with E-state index in [2.05, 4.69) is 0 Å². The van der Waals surface area contributed by atoms with Gasteiger partial charge in [0.1, 0.15) is 5.58 Å². The predicted molar refractivity (Wildman–Crippen MR) is 94.9 cm³/mol. The molecule has 0 saturated heterocycles. The van der Waals surface area contributed by atoms with Crippen LogP contribution in [-0.4, -0.2) is 27.1 Å². The fourth-order valence-corrected chi connectivity index (χ4v) is 2.81. The summed E-state index contributed by atoms with van der Waals surface area (Å²) in [5.74, 6) is 1.01. The van der Waals surface area contributed by atoms with Crippen LogP contribution in [0, 0.1) is 6.92 Å². The molecule has 0 aliphatic heterocycles. The van der Waals surface area contributed by atoms with Crippen LogP contribution in [0.3, 0.4) is 0 Å². The third-order valence-corrected chi connectivity index (χ3v) is 4.03. The van der Waals surface area contributed by atoms with Gasteiger partial charge in [-0.3, -0.25) is 4.79 Å². The maximum atomic E-state index is 13.1. The van der Waals surface area contributed by atoms with E-state index in [1.165, 1.54) is 21.3 Å². The Bertz CT molecular complexity index is 933. The third kappa shape index (κ3) is 2.76. The van der Waals surface area contributed by atoms with Crippen LogP contribution in [0.4, 0.5) is 5.88 Å². The highest BCUT2D eigenvalue weighted by Crippen LogP contribution is 2.40. The normalized spacial score (nSPS) is 10.7. The Labute approximate surface area is 145 Å². The van der Waals surface area contributed by atoms with E-state index in [-0.39, 0.29) is 11.7 Å². The number of benzene rings is 2. The molecule has 1 aromatic heterocycles. The monoisotopic (exact) mass is 341 g/mol. The van der Waals surface area contributed by atoms with Crippen molar-refractivity contribution in [1.82, 2.24) is 0 Å². The second-order valence-electron chi connectivity index (χ2n) is 5.58. The zero-order chi connectivity index (χ0) is 18.1. The van der Waals surface area contributed by atoms with Gasteiger partial charge in [-0.25, -0.2) is 0 Å². The van der Waals surface area contributed by atoms with E-state index in [1.807, 2.05) is 25.1 Å². The fraction of sp³-hybridized carbons (Fsp3) is 0.211. The summed E-state index contributed by atoms with van der Waals surface area (Å²) < 4.78 is 21.5. The van der Waals surface area contributed by atoms with Gasteiger partial charge in [0.2, 0.25) is 11.6 Å². The van der Waals surface area contributed by atoms with E-state index in [0.717, 1.165) is 5.56 Å². The summed E-state index contributed by atoms with van der Waals surface area (Å²) in [5.41, 5.74) is 8.25. The number of aryl methyl sites for hydroxylation is 1. The third-order valence-electron chi connectivity index (χ3n) is 4.03. The van der Waals surface area contributed by atoms with Crippen LogP contribution >= 0.6 is 0 Å². The van der Waals surface area contributed by atoms with Gasteiger partial charge in [0, 0.05) is 10.9 Å². The topological polar surface area (TPSA) is 83.9 Å². The quantitative estimate of drug-likeness (QED) is 0.714. The number of hydrogen-bond donors (Lipinski definition) is 1. The summed E-state index contributed by atoms with van der Waals surface area (Å²) in [6, 6.07) is 8.77. The highest BCUT2D eigenvalue weighted by molar-refractivity contribution is 6.19. The zero-order valence-corrected chi connectivity index (χ0v) is 14.5. The number of methoxy groups -OCH3 is 3. The Balaban J connectivity index is 2.18. The number of carbonyl (C=O) groups is 1. The van der Waals surface area contributed by atoms with E-state index in [4.69, 9.17) is 24.4 Å². The van der Waals surface area contributed by atoms with Gasteiger partial charge in [-0.2, -0.15) is 0 Å². The smallest absolute Gasteiger partial charge is 0.203 e. The van der Waals surface area contributed by atoms with Crippen molar-refractivity contribution in [2.75, 3.05) is 27.1 Å². The molecule has 0 unspecified atom stereocenters. The molecule has 3 aromatic rings. The number of furan rings is 1. The number of ketones is 1. The van der Waals surface area contributed by atoms with Crippen LogP contribution in [0.5, 0.6) is 17.2 Å². The molecule has 0 atom stereocenters. The molecule has 0 spiro atoms. The molecule has 6 nitrogen and oxygen atoms in total. The molecule has 3 rings (SSSR count). The average molecular weight is 341 g/mol. The lowest BCUT2D eigenvalue weighted by molar-refractivity contribution is 0.103. The standard InChI is InChI=1S/C19H19NO5/c1-10-5-6-12-13(7-10)25-19(20)16(12)17(21)11-8-14(22-2)18(24-4)15(9-11)23-3/h5-9H,20H2,1-4H3. The Morgan fingerprint density at radius 1 is 1.00 bits per heavy atom. The first-order valence-electron chi connectivity index (χ1n) is 7.63. The van der Waals surface area contributed by atoms with Crippen molar-refractivity contribution in [3.63, 3.8) is 0 Å². The van der Waals surface area contributed by atoms with E-state index in [1.54, 1.807) is 12.1 Å². The molecule has 0 aliphatic rings. The number of ether oxygens (including phenoxy) is 3. The number of fused-ring (bicyclic) bond motifs is 1. The van der Waals surface area contributed by atoms with Gasteiger partial charge < -0.3 is 24.4 Å². The first-order valence-corrected chi connectivity index (χ1v) is 7.63. The first-order chi connectivity index (χ1) is 12.0. The Hall–Kier alpha value is -3.15. The fourth-order valence-electron chi connectivity index (χ4n) is 2.81. The molecule has 25 heavy (non-hydrogen) atoms. The number of hydrogen-bond acceptors (Lipinski definition) is 6. The molecular formula is C19H19NO5. The van der Waals surface area contributed by atoms with Crippen LogP contribution in [0.25, 0.3) is 11.0 Å². The Morgan fingerprint density at radius 3 is 2.20 bits per heavy atom. The maximum Gasteiger partial charge on any atom is 0.203 e. The van der Waals surface area contributed by atoms with Crippen LogP contribution in [0.2, 0.25) is 0 Å². The van der Waals surface area contributed by atoms with Crippen LogP contribution in [0.1, 0.15) is 21.5 Å². The first kappa shape index (κ1) is 16.7. The molecule has 6 heteroatoms. The largest absolute Gasteiger partial charge is 0.493 e. The molecule has 0 bridgehead atoms. The van der Waals surface area contributed by atoms with Crippen molar-refractivity contribution < 1.29 is 23.4 Å². The van der Waals surface area contributed by atoms with Crippen molar-refractivity contribution in [2.45, 2.75) is 6.92 Å². The molecule has 130 valence electrons. The number of rotatable bonds is 5. The van der Waals surface area contributed by atoms with Crippen molar-refractivity contribution in [3.8, 4) is 17.2 Å². The molecule has 0 radical (unpaired) electrons. The second kappa shape index (κ2) is 6.39. The van der Waals surface area contributed by atoms with Crippen LogP contribution in [-0.2, 0) is 0 Å². The minimum absolute atomic E-state index is 0.0827. The highest BCUT2D eigenvalue weighted by atomic mass is 16.5. The van der Waals surface area contributed by atoms with Gasteiger partial charge >= 0.3 is 0 Å². The van der Waals surface area contributed by atoms with Gasteiger partial charge in [-0.15, -0.1) is 0 Å². The summed E-state index contributed by atoms with van der Waals surface area (Å²) in [5, 5.41) is 0.668. The predicted octanol–water partition coefficient (Wildman–Crippen LogP) is 3.58. The lowest BCUT2D eigenvalue weighted by Gasteiger charge is -2.13. The minimum atomic E-state index is -0.278. The number of carbonyl (C=O) groups excluding carboxylic acids is 1. The van der Waals surface area contributed by atoms with E-state index in [9.17, 15) is 4.79 Å². The maximum absolute atomic E-state index is 13.1. The van der Waals surface area contributed by atoms with Gasteiger partial charge in [-0.05, 0) is 30.7 Å². The molecule has 2 aromatic carbocycles. The minimum Gasteiger partial charge on any atom is -0.493 e. The van der Waals surface area contributed by atoms with Gasteiger partial charge in [0.15, 0.2) is 17.3 Å². The number of nitrogens with two attached hydrogens (primary N) is 1. The SMILES string of the molecule is COc1cc(C(=O)c2c(N)oc3cc(C)ccc23)cc(OC)c1OC. The Morgan fingerprint density at radius 2 is 1.64 bits per heavy atom. The summed E-state index contributed by atoms with van der Waals surface area (Å²) in [7, 11) is 4.50.